The van der Waals surface area contributed by atoms with Gasteiger partial charge in [-0.15, -0.1) is 0 Å². The molecule has 1 heterocycles. The van der Waals surface area contributed by atoms with Gasteiger partial charge in [-0.2, -0.15) is 9.97 Å². The molecule has 0 saturated carbocycles. The highest BCUT2D eigenvalue weighted by Crippen LogP contribution is 2.13. The molecule has 4 heteroatoms. The molecule has 1 aromatic carbocycles. The Morgan fingerprint density at radius 3 is 2.61 bits per heavy atom. The number of nitrogens with zero attached hydrogens (tertiary/aromatic N) is 3. The topological polar surface area (TPSA) is 64.7 Å². The van der Waals surface area contributed by atoms with Crippen LogP contribution in [0.1, 0.15) is 42.5 Å². The van der Waals surface area contributed by atoms with Crippen LogP contribution >= 0.6 is 0 Å². The Hall–Kier alpha value is -1.97. The largest absolute Gasteiger partial charge is 0.368 e. The van der Waals surface area contributed by atoms with Gasteiger partial charge in [-0.25, -0.2) is 4.98 Å². The lowest BCUT2D eigenvalue weighted by Gasteiger charge is -2.07. The number of aryl methyl sites for hydroxylation is 1. The predicted molar refractivity (Wildman–Crippen MR) is 72.3 cm³/mol. The first-order valence-corrected chi connectivity index (χ1v) is 6.10. The fourth-order valence-electron chi connectivity index (χ4n) is 1.80. The predicted octanol–water partition coefficient (Wildman–Crippen LogP) is 2.48. The molecule has 94 valence electrons. The van der Waals surface area contributed by atoms with E-state index < -0.39 is 0 Å². The number of nitrogen functional groups attached to an aromatic ring is 1. The molecule has 2 N–H and O–H groups in total. The van der Waals surface area contributed by atoms with Crippen molar-refractivity contribution >= 4 is 5.95 Å². The molecule has 1 aromatic heterocycles. The van der Waals surface area contributed by atoms with Crippen LogP contribution in [-0.4, -0.2) is 15.0 Å². The summed E-state index contributed by atoms with van der Waals surface area (Å²) >= 11 is 0. The molecule has 0 aliphatic carbocycles. The van der Waals surface area contributed by atoms with Gasteiger partial charge in [0.1, 0.15) is 11.6 Å². The smallest absolute Gasteiger partial charge is 0.223 e. The Labute approximate surface area is 107 Å². The van der Waals surface area contributed by atoms with Crippen molar-refractivity contribution in [1.29, 1.82) is 0 Å². The number of hydrogen-bond donors (Lipinski definition) is 1. The second-order valence-electron chi connectivity index (χ2n) is 4.79. The number of aromatic nitrogens is 3. The van der Waals surface area contributed by atoms with Gasteiger partial charge < -0.3 is 5.73 Å². The van der Waals surface area contributed by atoms with Crippen LogP contribution in [0.4, 0.5) is 5.95 Å². The number of hydrogen-bond acceptors (Lipinski definition) is 4. The van der Waals surface area contributed by atoms with Crippen molar-refractivity contribution in [3.8, 4) is 0 Å². The van der Waals surface area contributed by atoms with Crippen molar-refractivity contribution < 1.29 is 0 Å². The maximum atomic E-state index is 5.72. The summed E-state index contributed by atoms with van der Waals surface area (Å²) in [7, 11) is 0. The number of anilines is 1. The van der Waals surface area contributed by atoms with Gasteiger partial charge in [-0.05, 0) is 12.5 Å². The molecule has 0 atom stereocenters. The van der Waals surface area contributed by atoms with Gasteiger partial charge in [0.15, 0.2) is 0 Å². The summed E-state index contributed by atoms with van der Waals surface area (Å²) in [5.74, 6) is 2.05. The summed E-state index contributed by atoms with van der Waals surface area (Å²) in [6.07, 6.45) is 0.689. The van der Waals surface area contributed by atoms with Crippen LogP contribution in [0.5, 0.6) is 0 Å². The highest BCUT2D eigenvalue weighted by molar-refractivity contribution is 5.26. The zero-order chi connectivity index (χ0) is 13.1. The van der Waals surface area contributed by atoms with E-state index in [0.29, 0.717) is 12.4 Å². The first kappa shape index (κ1) is 12.5. The first-order valence-electron chi connectivity index (χ1n) is 6.10. The summed E-state index contributed by atoms with van der Waals surface area (Å²) in [6, 6.07) is 8.32. The normalized spacial score (nSPS) is 10.9. The average molecular weight is 242 g/mol. The molecule has 0 spiro atoms. The molecule has 0 radical (unpaired) electrons. The van der Waals surface area contributed by atoms with Crippen molar-refractivity contribution in [2.75, 3.05) is 5.73 Å². The lowest BCUT2D eigenvalue weighted by atomic mass is 10.1. The van der Waals surface area contributed by atoms with Crippen molar-refractivity contribution in [1.82, 2.24) is 15.0 Å². The van der Waals surface area contributed by atoms with Crippen LogP contribution in [0, 0.1) is 6.92 Å². The van der Waals surface area contributed by atoms with Gasteiger partial charge in [-0.3, -0.25) is 0 Å². The standard InChI is InChI=1S/C14H18N4/c1-9(2)13-16-12(17-14(15)18-13)8-11-6-4-5-10(3)7-11/h4-7,9H,8H2,1-3H3,(H2,15,16,17,18). The maximum Gasteiger partial charge on any atom is 0.223 e. The van der Waals surface area contributed by atoms with E-state index in [9.17, 15) is 0 Å². The van der Waals surface area contributed by atoms with Gasteiger partial charge in [0.25, 0.3) is 0 Å². The van der Waals surface area contributed by atoms with Gasteiger partial charge in [-0.1, -0.05) is 43.7 Å². The minimum atomic E-state index is 0.256. The van der Waals surface area contributed by atoms with Crippen LogP contribution in [0.15, 0.2) is 24.3 Å². The Balaban J connectivity index is 2.29. The summed E-state index contributed by atoms with van der Waals surface area (Å²) in [4.78, 5) is 12.8. The Morgan fingerprint density at radius 1 is 1.17 bits per heavy atom. The van der Waals surface area contributed by atoms with Crippen LogP contribution in [0.2, 0.25) is 0 Å². The fourth-order valence-corrected chi connectivity index (χ4v) is 1.80. The number of rotatable bonds is 3. The SMILES string of the molecule is Cc1cccc(Cc2nc(N)nc(C(C)C)n2)c1. The minimum Gasteiger partial charge on any atom is -0.368 e. The molecule has 4 nitrogen and oxygen atoms in total. The second kappa shape index (κ2) is 5.12. The van der Waals surface area contributed by atoms with Gasteiger partial charge in [0.2, 0.25) is 5.95 Å². The lowest BCUT2D eigenvalue weighted by molar-refractivity contribution is 0.743. The van der Waals surface area contributed by atoms with Crippen molar-refractivity contribution in [2.24, 2.45) is 0 Å². The third kappa shape index (κ3) is 3.03. The molecule has 2 rings (SSSR count). The Bertz CT molecular complexity index is 549. The van der Waals surface area contributed by atoms with E-state index in [4.69, 9.17) is 5.73 Å². The monoisotopic (exact) mass is 242 g/mol. The van der Waals surface area contributed by atoms with Crippen LogP contribution in [-0.2, 0) is 6.42 Å². The molecule has 0 unspecified atom stereocenters. The molecule has 0 bridgehead atoms. The maximum absolute atomic E-state index is 5.72. The molecule has 0 aliphatic heterocycles. The van der Waals surface area contributed by atoms with E-state index in [1.54, 1.807) is 0 Å². The highest BCUT2D eigenvalue weighted by atomic mass is 15.1. The first-order chi connectivity index (χ1) is 8.54. The molecule has 0 fully saturated rings. The molecular weight excluding hydrogens is 224 g/mol. The molecule has 0 saturated heterocycles. The zero-order valence-corrected chi connectivity index (χ0v) is 11.0. The summed E-state index contributed by atoms with van der Waals surface area (Å²) in [6.45, 7) is 6.17. The van der Waals surface area contributed by atoms with Gasteiger partial charge in [0.05, 0.1) is 0 Å². The fraction of sp³-hybridized carbons (Fsp3) is 0.357. The number of benzene rings is 1. The Kier molecular flexibility index (Phi) is 3.55. The Morgan fingerprint density at radius 2 is 1.94 bits per heavy atom. The van der Waals surface area contributed by atoms with E-state index in [1.165, 1.54) is 11.1 Å². The molecular formula is C14H18N4. The van der Waals surface area contributed by atoms with E-state index in [-0.39, 0.29) is 5.92 Å². The molecule has 0 aliphatic rings. The van der Waals surface area contributed by atoms with Crippen molar-refractivity contribution in [2.45, 2.75) is 33.1 Å². The lowest BCUT2D eigenvalue weighted by Crippen LogP contribution is -2.09. The van der Waals surface area contributed by atoms with Gasteiger partial charge in [0, 0.05) is 12.3 Å². The van der Waals surface area contributed by atoms with E-state index in [0.717, 1.165) is 11.6 Å². The molecule has 0 amide bonds. The number of nitrogens with two attached hydrogens (primary N) is 1. The summed E-state index contributed by atoms with van der Waals surface area (Å²) in [5.41, 5.74) is 8.14. The second-order valence-corrected chi connectivity index (χ2v) is 4.79. The van der Waals surface area contributed by atoms with Crippen LogP contribution < -0.4 is 5.73 Å². The van der Waals surface area contributed by atoms with Crippen molar-refractivity contribution in [3.63, 3.8) is 0 Å². The molecule has 18 heavy (non-hydrogen) atoms. The average Bonchev–Trinajstić information content (AvgIpc) is 2.28. The third-order valence-corrected chi connectivity index (χ3v) is 2.68. The van der Waals surface area contributed by atoms with Gasteiger partial charge >= 0.3 is 0 Å². The molecule has 2 aromatic rings. The third-order valence-electron chi connectivity index (χ3n) is 2.68. The highest BCUT2D eigenvalue weighted by Gasteiger charge is 2.08. The van der Waals surface area contributed by atoms with E-state index >= 15 is 0 Å². The van der Waals surface area contributed by atoms with E-state index in [1.807, 2.05) is 19.9 Å². The van der Waals surface area contributed by atoms with Crippen LogP contribution in [0.25, 0.3) is 0 Å². The van der Waals surface area contributed by atoms with E-state index in [2.05, 4.69) is 40.1 Å². The summed E-state index contributed by atoms with van der Waals surface area (Å²) < 4.78 is 0. The van der Waals surface area contributed by atoms with Crippen LogP contribution in [0.3, 0.4) is 0 Å². The zero-order valence-electron chi connectivity index (χ0n) is 11.0. The quantitative estimate of drug-likeness (QED) is 0.898. The van der Waals surface area contributed by atoms with Crippen molar-refractivity contribution in [3.05, 3.63) is 47.0 Å². The summed E-state index contributed by atoms with van der Waals surface area (Å²) in [5, 5.41) is 0. The minimum absolute atomic E-state index is 0.256.